The number of urea groups is 1. The number of nitrogens with one attached hydrogen (secondary N) is 2. The van der Waals surface area contributed by atoms with Crippen molar-refractivity contribution in [2.45, 2.75) is 68.3 Å². The van der Waals surface area contributed by atoms with Crippen LogP contribution < -0.4 is 16.0 Å². The van der Waals surface area contributed by atoms with Crippen LogP contribution in [-0.2, 0) is 10.0 Å². The summed E-state index contributed by atoms with van der Waals surface area (Å²) < 4.78 is 28.5. The van der Waals surface area contributed by atoms with E-state index in [-0.39, 0.29) is 28.8 Å². The number of aromatic nitrogens is 1. The van der Waals surface area contributed by atoms with E-state index >= 15 is 0 Å². The highest BCUT2D eigenvalue weighted by Crippen LogP contribution is 2.29. The standard InChI is InChI=1S/C29H36N6O3S/c30-28(31)22-9-5-13-25(20-22)35(24-11-3-1-2-4-12-24)29(36)33-23-15-18-34(19-16-23)39(37,38)26-14-6-8-21-10-7-17-32-27(21)26/h5-10,13-14,17,20,23-24H,1-4,11-12,15-16,18-19H2,(H3,30,31)(H,33,36). The van der Waals surface area contributed by atoms with Crippen LogP contribution in [0.15, 0.2) is 65.7 Å². The molecule has 1 aliphatic carbocycles. The molecule has 206 valence electrons. The van der Waals surface area contributed by atoms with Crippen molar-refractivity contribution < 1.29 is 13.2 Å². The summed E-state index contributed by atoms with van der Waals surface area (Å²) in [6, 6.07) is 15.9. The molecule has 10 heteroatoms. The van der Waals surface area contributed by atoms with Crippen LogP contribution in [0.3, 0.4) is 0 Å². The van der Waals surface area contributed by atoms with E-state index in [4.69, 9.17) is 11.1 Å². The fourth-order valence-corrected chi connectivity index (χ4v) is 7.38. The van der Waals surface area contributed by atoms with E-state index in [2.05, 4.69) is 10.3 Å². The number of amides is 2. The van der Waals surface area contributed by atoms with E-state index in [1.807, 2.05) is 29.2 Å². The maximum atomic E-state index is 13.7. The smallest absolute Gasteiger partial charge is 0.322 e. The van der Waals surface area contributed by atoms with Gasteiger partial charge in [-0.25, -0.2) is 13.2 Å². The van der Waals surface area contributed by atoms with Gasteiger partial charge in [-0.1, -0.05) is 56.0 Å². The number of carbonyl (C=O) groups is 1. The Bertz CT molecular complexity index is 1440. The lowest BCUT2D eigenvalue weighted by Crippen LogP contribution is -2.52. The minimum atomic E-state index is -3.72. The third-order valence-electron chi connectivity index (χ3n) is 7.84. The Morgan fingerprint density at radius 2 is 1.67 bits per heavy atom. The number of nitrogens with two attached hydrogens (primary N) is 1. The molecule has 2 aliphatic rings. The lowest BCUT2D eigenvalue weighted by Gasteiger charge is -2.36. The molecule has 2 fully saturated rings. The van der Waals surface area contributed by atoms with Crippen LogP contribution in [0.25, 0.3) is 10.9 Å². The zero-order valence-electron chi connectivity index (χ0n) is 22.1. The predicted octanol–water partition coefficient (Wildman–Crippen LogP) is 4.61. The van der Waals surface area contributed by atoms with E-state index in [1.54, 1.807) is 36.5 Å². The first kappa shape index (κ1) is 27.1. The zero-order valence-corrected chi connectivity index (χ0v) is 22.9. The minimum Gasteiger partial charge on any atom is -0.384 e. The molecule has 0 spiro atoms. The van der Waals surface area contributed by atoms with Gasteiger partial charge in [-0.3, -0.25) is 15.3 Å². The number of hydrogen-bond donors (Lipinski definition) is 3. The Morgan fingerprint density at radius 1 is 0.974 bits per heavy atom. The van der Waals surface area contributed by atoms with Crippen LogP contribution in [0.2, 0.25) is 0 Å². The Balaban J connectivity index is 1.30. The Morgan fingerprint density at radius 3 is 2.38 bits per heavy atom. The average Bonchev–Trinajstić information content (AvgIpc) is 3.23. The lowest BCUT2D eigenvalue weighted by atomic mass is 10.0. The number of para-hydroxylation sites is 1. The van der Waals surface area contributed by atoms with Crippen LogP contribution in [0, 0.1) is 5.41 Å². The molecule has 1 aliphatic heterocycles. The maximum Gasteiger partial charge on any atom is 0.322 e. The third kappa shape index (κ3) is 5.91. The number of carbonyl (C=O) groups excluding carboxylic acids is 1. The summed E-state index contributed by atoms with van der Waals surface area (Å²) in [4.78, 5) is 20.1. The van der Waals surface area contributed by atoms with Gasteiger partial charge < -0.3 is 11.1 Å². The highest BCUT2D eigenvalue weighted by Gasteiger charge is 2.33. The molecule has 0 atom stereocenters. The highest BCUT2D eigenvalue weighted by molar-refractivity contribution is 7.89. The summed E-state index contributed by atoms with van der Waals surface area (Å²) >= 11 is 0. The molecule has 39 heavy (non-hydrogen) atoms. The van der Waals surface area contributed by atoms with Crippen molar-refractivity contribution in [3.63, 3.8) is 0 Å². The van der Waals surface area contributed by atoms with Crippen molar-refractivity contribution in [1.29, 1.82) is 5.41 Å². The van der Waals surface area contributed by atoms with E-state index in [0.717, 1.165) is 36.8 Å². The van der Waals surface area contributed by atoms with Gasteiger partial charge in [0.1, 0.15) is 10.7 Å². The quantitative estimate of drug-likeness (QED) is 0.235. The zero-order chi connectivity index (χ0) is 27.4. The Kier molecular flexibility index (Phi) is 8.13. The summed E-state index contributed by atoms with van der Waals surface area (Å²) in [6.07, 6.45) is 8.97. The third-order valence-corrected chi connectivity index (χ3v) is 9.77. The number of benzene rings is 2. The number of anilines is 1. The summed E-state index contributed by atoms with van der Waals surface area (Å²) in [6.45, 7) is 0.638. The van der Waals surface area contributed by atoms with E-state index in [0.29, 0.717) is 37.0 Å². The van der Waals surface area contributed by atoms with Crippen LogP contribution in [0.1, 0.15) is 56.9 Å². The molecule has 1 saturated heterocycles. The monoisotopic (exact) mass is 548 g/mol. The van der Waals surface area contributed by atoms with Gasteiger partial charge in [0, 0.05) is 48.0 Å². The van der Waals surface area contributed by atoms with E-state index < -0.39 is 10.0 Å². The van der Waals surface area contributed by atoms with Gasteiger partial charge in [-0.2, -0.15) is 4.31 Å². The molecule has 0 unspecified atom stereocenters. The van der Waals surface area contributed by atoms with Crippen molar-refractivity contribution in [2.24, 2.45) is 5.73 Å². The number of nitrogens with zero attached hydrogens (tertiary/aromatic N) is 3. The normalized spacial score (nSPS) is 17.9. The molecule has 1 saturated carbocycles. The molecular weight excluding hydrogens is 512 g/mol. The first-order valence-corrected chi connectivity index (χ1v) is 15.2. The second kappa shape index (κ2) is 11.7. The molecule has 1 aromatic heterocycles. The van der Waals surface area contributed by atoms with Crippen molar-refractivity contribution in [3.05, 3.63) is 66.4 Å². The van der Waals surface area contributed by atoms with Crippen molar-refractivity contribution in [3.8, 4) is 0 Å². The maximum absolute atomic E-state index is 13.7. The van der Waals surface area contributed by atoms with Crippen molar-refractivity contribution in [2.75, 3.05) is 18.0 Å². The van der Waals surface area contributed by atoms with Crippen molar-refractivity contribution >= 4 is 38.5 Å². The fraction of sp³-hybridized carbons (Fsp3) is 0.414. The minimum absolute atomic E-state index is 0.0342. The Hall–Kier alpha value is -3.50. The fourth-order valence-electron chi connectivity index (χ4n) is 5.74. The number of piperidine rings is 1. The summed E-state index contributed by atoms with van der Waals surface area (Å²) in [5.41, 5.74) is 7.53. The molecule has 2 aromatic carbocycles. The second-order valence-electron chi connectivity index (χ2n) is 10.4. The van der Waals surface area contributed by atoms with E-state index in [1.165, 1.54) is 17.1 Å². The molecule has 5 rings (SSSR count). The molecule has 0 radical (unpaired) electrons. The van der Waals surface area contributed by atoms with Gasteiger partial charge in [0.05, 0.1) is 5.52 Å². The van der Waals surface area contributed by atoms with Gasteiger partial charge in [-0.05, 0) is 49.9 Å². The number of amidine groups is 1. The predicted molar refractivity (Wildman–Crippen MR) is 153 cm³/mol. The van der Waals surface area contributed by atoms with Gasteiger partial charge in [0.25, 0.3) is 0 Å². The number of hydrogen-bond acceptors (Lipinski definition) is 5. The Labute approximate surface area is 230 Å². The number of sulfonamides is 1. The molecule has 9 nitrogen and oxygen atoms in total. The van der Waals surface area contributed by atoms with Crippen LogP contribution in [-0.4, -0.2) is 54.7 Å². The van der Waals surface area contributed by atoms with Crippen LogP contribution >= 0.6 is 0 Å². The van der Waals surface area contributed by atoms with Crippen molar-refractivity contribution in [1.82, 2.24) is 14.6 Å². The van der Waals surface area contributed by atoms with Gasteiger partial charge in [-0.15, -0.1) is 0 Å². The molecular formula is C29H36N6O3S. The molecule has 2 amide bonds. The number of pyridine rings is 1. The van der Waals surface area contributed by atoms with Gasteiger partial charge in [0.15, 0.2) is 0 Å². The largest absolute Gasteiger partial charge is 0.384 e. The van der Waals surface area contributed by atoms with Crippen LogP contribution in [0.5, 0.6) is 0 Å². The summed E-state index contributed by atoms with van der Waals surface area (Å²) in [7, 11) is -3.72. The molecule has 2 heterocycles. The lowest BCUT2D eigenvalue weighted by molar-refractivity contribution is 0.230. The number of fused-ring (bicyclic) bond motifs is 1. The van der Waals surface area contributed by atoms with Gasteiger partial charge in [0.2, 0.25) is 10.0 Å². The molecule has 4 N–H and O–H groups in total. The van der Waals surface area contributed by atoms with Gasteiger partial charge >= 0.3 is 6.03 Å². The number of nitrogen functional groups attached to an aromatic ring is 1. The average molecular weight is 549 g/mol. The first-order chi connectivity index (χ1) is 18.8. The van der Waals surface area contributed by atoms with Crippen LogP contribution in [0.4, 0.5) is 10.5 Å². The highest BCUT2D eigenvalue weighted by atomic mass is 32.2. The second-order valence-corrected chi connectivity index (χ2v) is 12.3. The topological polar surface area (TPSA) is 132 Å². The first-order valence-electron chi connectivity index (χ1n) is 13.7. The molecule has 0 bridgehead atoms. The summed E-state index contributed by atoms with van der Waals surface area (Å²) in [5, 5.41) is 11.8. The summed E-state index contributed by atoms with van der Waals surface area (Å²) in [5.74, 6) is -0.0342. The number of rotatable bonds is 6. The molecule has 3 aromatic rings. The SMILES string of the molecule is N=C(N)c1cccc(N(C(=O)NC2CCN(S(=O)(=O)c3cccc4cccnc34)CC2)C2CCCCCC2)c1. The van der Waals surface area contributed by atoms with E-state index in [9.17, 15) is 13.2 Å².